The van der Waals surface area contributed by atoms with Crippen molar-refractivity contribution in [2.75, 3.05) is 5.73 Å². The molecule has 3 heteroatoms. The molecule has 3 nitrogen and oxygen atoms in total. The Bertz CT molecular complexity index is 424. The Morgan fingerprint density at radius 2 is 2.13 bits per heavy atom. The van der Waals surface area contributed by atoms with Crippen molar-refractivity contribution >= 4 is 11.6 Å². The van der Waals surface area contributed by atoms with Crippen molar-refractivity contribution in [1.29, 1.82) is 0 Å². The molecule has 78 valence electrons. The lowest BCUT2D eigenvalue weighted by Gasteiger charge is -2.34. The fourth-order valence-corrected chi connectivity index (χ4v) is 2.37. The van der Waals surface area contributed by atoms with E-state index < -0.39 is 0 Å². The summed E-state index contributed by atoms with van der Waals surface area (Å²) in [5.74, 6) is 0.169. The smallest absolute Gasteiger partial charge is 0.254 e. The summed E-state index contributed by atoms with van der Waals surface area (Å²) in [6.45, 7) is 0.714. The molecular formula is C12H14N2O. The van der Waals surface area contributed by atoms with Crippen LogP contribution in [0.3, 0.4) is 0 Å². The summed E-state index contributed by atoms with van der Waals surface area (Å²) in [7, 11) is 0. The Labute approximate surface area is 88.9 Å². The predicted octanol–water partition coefficient (Wildman–Crippen LogP) is 1.78. The zero-order valence-corrected chi connectivity index (χ0v) is 8.57. The van der Waals surface area contributed by atoms with Crippen molar-refractivity contribution in [2.24, 2.45) is 0 Å². The van der Waals surface area contributed by atoms with E-state index in [1.807, 2.05) is 23.1 Å². The van der Waals surface area contributed by atoms with Crippen molar-refractivity contribution in [2.45, 2.75) is 31.8 Å². The molecule has 0 unspecified atom stereocenters. The zero-order chi connectivity index (χ0) is 10.4. The normalized spacial score (nSPS) is 20.3. The second-order valence-corrected chi connectivity index (χ2v) is 4.39. The van der Waals surface area contributed by atoms with Gasteiger partial charge in [0.25, 0.3) is 5.91 Å². The third kappa shape index (κ3) is 1.16. The predicted molar refractivity (Wildman–Crippen MR) is 58.4 cm³/mol. The summed E-state index contributed by atoms with van der Waals surface area (Å²) in [4.78, 5) is 14.0. The number of carbonyl (C=O) groups is 1. The standard InChI is InChI=1S/C12H14N2O/c13-11-6-2-5-9-10(11)7-14(12(9)15)8-3-1-4-8/h2,5-6,8H,1,3-4,7,13H2. The van der Waals surface area contributed by atoms with Crippen LogP contribution in [0.15, 0.2) is 18.2 Å². The first kappa shape index (κ1) is 8.77. The Balaban J connectivity index is 1.97. The molecule has 1 aliphatic heterocycles. The fourth-order valence-electron chi connectivity index (χ4n) is 2.37. The van der Waals surface area contributed by atoms with Crippen LogP contribution < -0.4 is 5.73 Å². The number of rotatable bonds is 1. The third-order valence-electron chi connectivity index (χ3n) is 3.55. The average molecular weight is 202 g/mol. The largest absolute Gasteiger partial charge is 0.398 e. The Hall–Kier alpha value is -1.51. The number of nitrogens with zero attached hydrogens (tertiary/aromatic N) is 1. The molecule has 0 bridgehead atoms. The quantitative estimate of drug-likeness (QED) is 0.705. The molecule has 1 saturated carbocycles. The molecule has 0 radical (unpaired) electrons. The van der Waals surface area contributed by atoms with Crippen molar-refractivity contribution < 1.29 is 4.79 Å². The molecule has 1 fully saturated rings. The molecule has 1 heterocycles. The van der Waals surface area contributed by atoms with Gasteiger partial charge in [0.1, 0.15) is 0 Å². The van der Waals surface area contributed by atoms with E-state index in [1.165, 1.54) is 6.42 Å². The maximum Gasteiger partial charge on any atom is 0.254 e. The lowest BCUT2D eigenvalue weighted by Crippen LogP contribution is -2.40. The number of anilines is 1. The van der Waals surface area contributed by atoms with Gasteiger partial charge < -0.3 is 10.6 Å². The van der Waals surface area contributed by atoms with Gasteiger partial charge in [0.05, 0.1) is 0 Å². The lowest BCUT2D eigenvalue weighted by atomic mass is 9.92. The molecule has 0 aromatic heterocycles. The third-order valence-corrected chi connectivity index (χ3v) is 3.55. The molecule has 0 spiro atoms. The van der Waals surface area contributed by atoms with Crippen molar-refractivity contribution in [3.8, 4) is 0 Å². The van der Waals surface area contributed by atoms with Gasteiger partial charge in [-0.25, -0.2) is 0 Å². The van der Waals surface area contributed by atoms with Gasteiger partial charge in [-0.2, -0.15) is 0 Å². The highest BCUT2D eigenvalue weighted by Gasteiger charge is 2.35. The van der Waals surface area contributed by atoms with Gasteiger partial charge in [0.15, 0.2) is 0 Å². The zero-order valence-electron chi connectivity index (χ0n) is 8.57. The number of nitrogen functional groups attached to an aromatic ring is 1. The van der Waals surface area contributed by atoms with Gasteiger partial charge >= 0.3 is 0 Å². The SMILES string of the molecule is Nc1cccc2c1CN(C1CCC1)C2=O. The maximum absolute atomic E-state index is 12.1. The highest BCUT2D eigenvalue weighted by Crippen LogP contribution is 2.34. The van der Waals surface area contributed by atoms with Gasteiger partial charge in [-0.3, -0.25) is 4.79 Å². The van der Waals surface area contributed by atoms with Crippen molar-refractivity contribution in [1.82, 2.24) is 4.90 Å². The van der Waals surface area contributed by atoms with E-state index in [0.717, 1.165) is 29.7 Å². The number of nitrogens with two attached hydrogens (primary N) is 1. The molecule has 0 atom stereocenters. The number of amides is 1. The van der Waals surface area contributed by atoms with E-state index in [4.69, 9.17) is 5.73 Å². The van der Waals surface area contributed by atoms with Gasteiger partial charge in [-0.1, -0.05) is 6.07 Å². The number of hydrogen-bond acceptors (Lipinski definition) is 2. The molecule has 1 aromatic carbocycles. The summed E-state index contributed by atoms with van der Waals surface area (Å²) in [5, 5.41) is 0. The minimum atomic E-state index is 0.169. The van der Waals surface area contributed by atoms with Gasteiger partial charge in [0.2, 0.25) is 0 Å². The average Bonchev–Trinajstić information content (AvgIpc) is 2.45. The number of fused-ring (bicyclic) bond motifs is 1. The molecule has 2 N–H and O–H groups in total. The van der Waals surface area contributed by atoms with Gasteiger partial charge in [0, 0.05) is 29.4 Å². The highest BCUT2D eigenvalue weighted by atomic mass is 16.2. The van der Waals surface area contributed by atoms with E-state index >= 15 is 0 Å². The highest BCUT2D eigenvalue weighted by molar-refractivity contribution is 6.00. The maximum atomic E-state index is 12.1. The summed E-state index contributed by atoms with van der Waals surface area (Å²) < 4.78 is 0. The first-order chi connectivity index (χ1) is 7.27. The number of hydrogen-bond donors (Lipinski definition) is 1. The summed E-state index contributed by atoms with van der Waals surface area (Å²) >= 11 is 0. The molecular weight excluding hydrogens is 188 g/mol. The fraction of sp³-hybridized carbons (Fsp3) is 0.417. The number of benzene rings is 1. The van der Waals surface area contributed by atoms with Crippen LogP contribution in [0.25, 0.3) is 0 Å². The lowest BCUT2D eigenvalue weighted by molar-refractivity contribution is 0.0606. The topological polar surface area (TPSA) is 46.3 Å². The second-order valence-electron chi connectivity index (χ2n) is 4.39. The van der Waals surface area contributed by atoms with E-state index in [9.17, 15) is 4.79 Å². The van der Waals surface area contributed by atoms with Crippen LogP contribution in [0.2, 0.25) is 0 Å². The van der Waals surface area contributed by atoms with Crippen molar-refractivity contribution in [3.63, 3.8) is 0 Å². The van der Waals surface area contributed by atoms with E-state index in [2.05, 4.69) is 0 Å². The minimum Gasteiger partial charge on any atom is -0.398 e. The first-order valence-electron chi connectivity index (χ1n) is 5.45. The molecule has 3 rings (SSSR count). The van der Waals surface area contributed by atoms with Gasteiger partial charge in [-0.05, 0) is 31.4 Å². The summed E-state index contributed by atoms with van der Waals surface area (Å²) in [6.07, 6.45) is 3.56. The van der Waals surface area contributed by atoms with Crippen LogP contribution in [0.1, 0.15) is 35.2 Å². The molecule has 0 saturated heterocycles. The van der Waals surface area contributed by atoms with Crippen molar-refractivity contribution in [3.05, 3.63) is 29.3 Å². The van der Waals surface area contributed by atoms with Crippen LogP contribution >= 0.6 is 0 Å². The first-order valence-corrected chi connectivity index (χ1v) is 5.45. The van der Waals surface area contributed by atoms with E-state index in [0.29, 0.717) is 12.6 Å². The Morgan fingerprint density at radius 3 is 2.73 bits per heavy atom. The minimum absolute atomic E-state index is 0.169. The van der Waals surface area contributed by atoms with Crippen LogP contribution in [-0.4, -0.2) is 16.8 Å². The van der Waals surface area contributed by atoms with Crippen LogP contribution in [0.5, 0.6) is 0 Å². The Morgan fingerprint density at radius 1 is 1.33 bits per heavy atom. The second kappa shape index (κ2) is 2.99. The summed E-state index contributed by atoms with van der Waals surface area (Å²) in [6, 6.07) is 6.07. The van der Waals surface area contributed by atoms with Crippen LogP contribution in [0, 0.1) is 0 Å². The molecule has 15 heavy (non-hydrogen) atoms. The molecule has 2 aliphatic rings. The molecule has 1 aromatic rings. The van der Waals surface area contributed by atoms with Crippen LogP contribution in [0.4, 0.5) is 5.69 Å². The monoisotopic (exact) mass is 202 g/mol. The van der Waals surface area contributed by atoms with E-state index in [1.54, 1.807) is 0 Å². The molecule has 1 aliphatic carbocycles. The Kier molecular flexibility index (Phi) is 1.75. The molecule has 1 amide bonds. The van der Waals surface area contributed by atoms with Gasteiger partial charge in [-0.15, -0.1) is 0 Å². The van der Waals surface area contributed by atoms with Crippen LogP contribution in [-0.2, 0) is 6.54 Å². The van der Waals surface area contributed by atoms with E-state index in [-0.39, 0.29) is 5.91 Å². The summed E-state index contributed by atoms with van der Waals surface area (Å²) in [5.41, 5.74) is 8.46. The number of carbonyl (C=O) groups excluding carboxylic acids is 1.